The molecule has 0 spiro atoms. The van der Waals surface area contributed by atoms with Crippen LogP contribution in [0.4, 0.5) is 5.95 Å². The average Bonchev–Trinajstić information content (AvgIpc) is 3.10. The monoisotopic (exact) mass is 432 g/mol. The van der Waals surface area contributed by atoms with Crippen molar-refractivity contribution in [3.8, 4) is 0 Å². The topological polar surface area (TPSA) is 111 Å². The van der Waals surface area contributed by atoms with Gasteiger partial charge in [0, 0.05) is 46.5 Å². The van der Waals surface area contributed by atoms with Crippen LogP contribution in [0, 0.1) is 0 Å². The molecule has 0 saturated carbocycles. The fraction of sp³-hybridized carbons (Fsp3) is 0.421. The Balaban J connectivity index is 1.90. The molecule has 11 heteroatoms. The van der Waals surface area contributed by atoms with E-state index in [1.807, 2.05) is 4.57 Å². The van der Waals surface area contributed by atoms with Crippen molar-refractivity contribution >= 4 is 26.9 Å². The molecule has 1 aliphatic rings. The highest BCUT2D eigenvalue weighted by atomic mass is 32.2. The lowest BCUT2D eigenvalue weighted by Gasteiger charge is -2.28. The molecular formula is C19H24N6O4S. The molecule has 0 radical (unpaired) electrons. The van der Waals surface area contributed by atoms with Crippen LogP contribution in [0.15, 0.2) is 38.8 Å². The first-order valence-electron chi connectivity index (χ1n) is 9.59. The van der Waals surface area contributed by atoms with Crippen molar-refractivity contribution < 1.29 is 8.42 Å². The van der Waals surface area contributed by atoms with Crippen molar-refractivity contribution in [1.82, 2.24) is 24.0 Å². The highest BCUT2D eigenvalue weighted by Crippen LogP contribution is 2.22. The molecule has 3 aromatic rings. The zero-order valence-corrected chi connectivity index (χ0v) is 17.9. The molecule has 4 rings (SSSR count). The molecule has 30 heavy (non-hydrogen) atoms. The number of rotatable bonds is 4. The normalized spacial score (nSPS) is 15.1. The molecular weight excluding hydrogens is 408 g/mol. The van der Waals surface area contributed by atoms with Gasteiger partial charge in [0.1, 0.15) is 0 Å². The Morgan fingerprint density at radius 3 is 2.27 bits per heavy atom. The van der Waals surface area contributed by atoms with Gasteiger partial charge in [0.05, 0.1) is 11.4 Å². The molecule has 0 bridgehead atoms. The Hall–Kier alpha value is -2.92. The fourth-order valence-corrected chi connectivity index (χ4v) is 4.35. The summed E-state index contributed by atoms with van der Waals surface area (Å²) in [6.07, 6.45) is 1.16. The summed E-state index contributed by atoms with van der Waals surface area (Å²) in [7, 11) is -0.238. The second-order valence-electron chi connectivity index (χ2n) is 7.53. The van der Waals surface area contributed by atoms with E-state index in [2.05, 4.69) is 15.2 Å². The minimum absolute atomic E-state index is 0.238. The second-order valence-corrected chi connectivity index (χ2v) is 9.54. The third-order valence-electron chi connectivity index (χ3n) is 5.42. The van der Waals surface area contributed by atoms with Gasteiger partial charge in [-0.2, -0.15) is 4.98 Å². The zero-order valence-electron chi connectivity index (χ0n) is 17.1. The smallest absolute Gasteiger partial charge is 0.332 e. The van der Waals surface area contributed by atoms with Crippen molar-refractivity contribution in [2.75, 3.05) is 37.3 Å². The molecule has 0 amide bonds. The number of benzene rings is 1. The van der Waals surface area contributed by atoms with Gasteiger partial charge in [0.2, 0.25) is 5.95 Å². The number of nitrogens with one attached hydrogen (secondary N) is 1. The predicted molar refractivity (Wildman–Crippen MR) is 114 cm³/mol. The number of hydrogen-bond donors (Lipinski definition) is 1. The molecule has 0 unspecified atom stereocenters. The molecule has 1 aromatic carbocycles. The molecule has 1 N–H and O–H groups in total. The van der Waals surface area contributed by atoms with Crippen LogP contribution >= 0.6 is 0 Å². The highest BCUT2D eigenvalue weighted by Gasteiger charge is 2.24. The number of imidazole rings is 1. The Bertz CT molecular complexity index is 1330. The summed E-state index contributed by atoms with van der Waals surface area (Å²) in [5.74, 6) is 0.622. The number of hydrogen-bond acceptors (Lipinski definition) is 7. The van der Waals surface area contributed by atoms with Gasteiger partial charge in [0.15, 0.2) is 21.0 Å². The maximum atomic E-state index is 13.0. The molecule has 2 aromatic heterocycles. The van der Waals surface area contributed by atoms with Crippen LogP contribution in [-0.4, -0.2) is 59.5 Å². The minimum Gasteiger partial charge on any atom is -0.340 e. The minimum atomic E-state index is -3.29. The Labute approximate surface area is 173 Å². The van der Waals surface area contributed by atoms with Crippen LogP contribution in [0.1, 0.15) is 5.56 Å². The van der Waals surface area contributed by atoms with Crippen LogP contribution in [0.5, 0.6) is 0 Å². The number of fused-ring (bicyclic) bond motifs is 1. The summed E-state index contributed by atoms with van der Waals surface area (Å²) in [5.41, 5.74) is 0.676. The lowest BCUT2D eigenvalue weighted by Crippen LogP contribution is -2.44. The van der Waals surface area contributed by atoms with Crippen molar-refractivity contribution in [1.29, 1.82) is 0 Å². The molecule has 3 heterocycles. The van der Waals surface area contributed by atoms with E-state index in [0.29, 0.717) is 23.7 Å². The van der Waals surface area contributed by atoms with Gasteiger partial charge < -0.3 is 10.2 Å². The Morgan fingerprint density at radius 2 is 1.67 bits per heavy atom. The van der Waals surface area contributed by atoms with Crippen LogP contribution < -0.4 is 21.5 Å². The molecule has 0 atom stereocenters. The van der Waals surface area contributed by atoms with Crippen molar-refractivity contribution in [3.63, 3.8) is 0 Å². The molecule has 0 aliphatic carbocycles. The summed E-state index contributed by atoms with van der Waals surface area (Å²) in [6.45, 7) is 3.37. The van der Waals surface area contributed by atoms with Crippen LogP contribution in [0.25, 0.3) is 11.2 Å². The van der Waals surface area contributed by atoms with Gasteiger partial charge in [-0.1, -0.05) is 12.1 Å². The van der Waals surface area contributed by atoms with Gasteiger partial charge in [0.25, 0.3) is 5.56 Å². The third-order valence-corrected chi connectivity index (χ3v) is 6.55. The molecule has 10 nitrogen and oxygen atoms in total. The first-order valence-corrected chi connectivity index (χ1v) is 11.5. The number of anilines is 1. The summed E-state index contributed by atoms with van der Waals surface area (Å²) in [5, 5.41) is 3.29. The van der Waals surface area contributed by atoms with E-state index < -0.39 is 21.1 Å². The molecule has 1 saturated heterocycles. The van der Waals surface area contributed by atoms with Crippen molar-refractivity contribution in [2.24, 2.45) is 14.1 Å². The number of aromatic nitrogens is 4. The summed E-state index contributed by atoms with van der Waals surface area (Å²) < 4.78 is 27.8. The van der Waals surface area contributed by atoms with E-state index in [1.165, 1.54) is 11.6 Å². The van der Waals surface area contributed by atoms with Crippen LogP contribution in [0.3, 0.4) is 0 Å². The molecule has 1 fully saturated rings. The third kappa shape index (κ3) is 3.43. The fourth-order valence-electron chi connectivity index (χ4n) is 3.72. The molecule has 160 valence electrons. The highest BCUT2D eigenvalue weighted by molar-refractivity contribution is 7.90. The van der Waals surface area contributed by atoms with Crippen LogP contribution in [0.2, 0.25) is 0 Å². The summed E-state index contributed by atoms with van der Waals surface area (Å²) in [6, 6.07) is 6.58. The van der Waals surface area contributed by atoms with E-state index >= 15 is 0 Å². The first kappa shape index (κ1) is 20.4. The van der Waals surface area contributed by atoms with E-state index in [-0.39, 0.29) is 4.90 Å². The van der Waals surface area contributed by atoms with Gasteiger partial charge in [-0.3, -0.25) is 18.5 Å². The van der Waals surface area contributed by atoms with E-state index in [9.17, 15) is 18.0 Å². The van der Waals surface area contributed by atoms with Gasteiger partial charge in [-0.05, 0) is 17.7 Å². The second kappa shape index (κ2) is 7.40. The number of aryl methyl sites for hydroxylation is 1. The average molecular weight is 433 g/mol. The van der Waals surface area contributed by atoms with Gasteiger partial charge in [-0.15, -0.1) is 0 Å². The Morgan fingerprint density at radius 1 is 1.03 bits per heavy atom. The quantitative estimate of drug-likeness (QED) is 0.580. The van der Waals surface area contributed by atoms with Gasteiger partial charge in [-0.25, -0.2) is 13.2 Å². The summed E-state index contributed by atoms with van der Waals surface area (Å²) >= 11 is 0. The molecule has 1 aliphatic heterocycles. The SMILES string of the molecule is Cn1c(=O)c2c(nc(N3CCNCC3)n2Cc2ccc(S(C)(=O)=O)cc2)n(C)c1=O. The van der Waals surface area contributed by atoms with Gasteiger partial charge >= 0.3 is 5.69 Å². The lowest BCUT2D eigenvalue weighted by molar-refractivity contribution is 0.571. The largest absolute Gasteiger partial charge is 0.340 e. The Kier molecular flexibility index (Phi) is 5.02. The van der Waals surface area contributed by atoms with Crippen molar-refractivity contribution in [2.45, 2.75) is 11.4 Å². The maximum absolute atomic E-state index is 13.0. The number of sulfone groups is 1. The standard InChI is InChI=1S/C19H24N6O4S/c1-22-16-15(17(26)23(2)19(22)27)25(18(21-16)24-10-8-20-9-11-24)12-13-4-6-14(7-5-13)30(3,28)29/h4-7,20H,8-12H2,1-3H3. The number of piperazine rings is 1. The van der Waals surface area contributed by atoms with E-state index in [4.69, 9.17) is 0 Å². The van der Waals surface area contributed by atoms with E-state index in [0.717, 1.165) is 42.6 Å². The van der Waals surface area contributed by atoms with Crippen molar-refractivity contribution in [3.05, 3.63) is 50.7 Å². The lowest BCUT2D eigenvalue weighted by atomic mass is 10.2. The maximum Gasteiger partial charge on any atom is 0.332 e. The van der Waals surface area contributed by atoms with Crippen LogP contribution in [-0.2, 0) is 30.5 Å². The zero-order chi connectivity index (χ0) is 21.6. The van der Waals surface area contributed by atoms with E-state index in [1.54, 1.807) is 31.3 Å². The number of nitrogens with zero attached hydrogens (tertiary/aromatic N) is 5. The predicted octanol–water partition coefficient (Wildman–Crippen LogP) is -0.705. The summed E-state index contributed by atoms with van der Waals surface area (Å²) in [4.78, 5) is 32.4. The first-order chi connectivity index (χ1) is 14.2.